The van der Waals surface area contributed by atoms with Crippen molar-refractivity contribution in [3.05, 3.63) is 108 Å². The van der Waals surface area contributed by atoms with Gasteiger partial charge in [0, 0.05) is 85.8 Å². The van der Waals surface area contributed by atoms with Crippen LogP contribution in [0.4, 0.5) is 0 Å². The molecule has 16 amide bonds. The molecule has 0 aliphatic rings. The van der Waals surface area contributed by atoms with Crippen molar-refractivity contribution in [2.45, 2.75) is 371 Å². The summed E-state index contributed by atoms with van der Waals surface area (Å²) in [6.45, 7) is 8.26. The quantitative estimate of drug-likeness (QED) is 0.0116. The minimum absolute atomic E-state index is 0.0427. The molecule has 11 atom stereocenters. The standard InChI is InChI=1S/C106H163N21O22/c1-7-9-11-13-15-17-19-21-23-25-27-29-34-51-88(129)110-55-41-40-49-78(119-89(130)52-35-30-28-26-24-22-20-18-16-14-12-10-8-2)96(139)115-66-92(133)121-85(61-93(134)135)103(146)126-84(60-73-64-113-77-48-39-37-46-75(73)77)102(145)127-86(62-94(136)137)104(147)123-80(53-54-87(107)128)99(142)124-82(58-71-43-32-31-33-44-71)98(141)116-67-91(132)120-81(57-68(3)4)100(143)125-83(59-72-63-112-76-47-38-36-45-74(72)76)101(144)122-79(50-42-56-111-106(108)109)97(140)114-65-90(131)117-69(5)95(138)118-70(6)105(148)149/h31-33,36-39,43-48,63-64,68-70,78-86,112-113H,7-30,34-35,40-42,49-62,65-67H2,1-6H3,(H2,107,128)(H,110,129)(H,114,140)(H,115,139)(H,116,141)(H,117,131)(H,118,138)(H,119,130)(H,120,132)(H,121,133)(H,122,144)(H,123,147)(H,124,142)(H,125,143)(H,126,146)(H,127,145)(H,134,135)(H,136,137)(H,148,149)(H4,108,109,111)/t69-,70-,78-,79-,80-,81-,82-,83-,84-,85-,86-/m0/s1. The van der Waals surface area contributed by atoms with E-state index in [4.69, 9.17) is 16.9 Å². The molecular formula is C106H163N21O22. The van der Waals surface area contributed by atoms with Gasteiger partial charge >= 0.3 is 17.9 Å². The fourth-order valence-corrected chi connectivity index (χ4v) is 17.0. The molecule has 0 saturated carbocycles. The molecule has 5 aromatic rings. The van der Waals surface area contributed by atoms with Crippen LogP contribution in [0.15, 0.2) is 91.3 Å². The predicted molar refractivity (Wildman–Crippen MR) is 562 cm³/mol. The molecule has 0 aliphatic carbocycles. The minimum atomic E-state index is -2.15. The van der Waals surface area contributed by atoms with Crippen molar-refractivity contribution in [2.24, 2.45) is 17.4 Å². The Morgan fingerprint density at radius 3 is 1.10 bits per heavy atom. The number of aromatic nitrogens is 2. The maximum absolute atomic E-state index is 15.0. The fraction of sp³-hybridized carbons (Fsp3) is 0.604. The lowest BCUT2D eigenvalue weighted by Crippen LogP contribution is -2.60. The van der Waals surface area contributed by atoms with E-state index in [1.165, 1.54) is 123 Å². The van der Waals surface area contributed by atoms with E-state index in [1.807, 2.05) is 0 Å². The lowest BCUT2D eigenvalue weighted by molar-refractivity contribution is -0.142. The molecule has 2 aromatic heterocycles. The molecule has 0 fully saturated rings. The van der Waals surface area contributed by atoms with Crippen LogP contribution in [0, 0.1) is 11.3 Å². The van der Waals surface area contributed by atoms with Gasteiger partial charge in [0.2, 0.25) is 94.5 Å². The summed E-state index contributed by atoms with van der Waals surface area (Å²) < 4.78 is 0. The van der Waals surface area contributed by atoms with E-state index in [9.17, 15) is 106 Å². The van der Waals surface area contributed by atoms with Gasteiger partial charge in [-0.2, -0.15) is 0 Å². The minimum Gasteiger partial charge on any atom is -0.481 e. The van der Waals surface area contributed by atoms with E-state index < -0.39 is 231 Å². The molecule has 0 unspecified atom stereocenters. The van der Waals surface area contributed by atoms with Crippen LogP contribution < -0.4 is 96.5 Å². The van der Waals surface area contributed by atoms with E-state index in [1.54, 1.807) is 98.9 Å². The Labute approximate surface area is 872 Å². The number of benzene rings is 3. The summed E-state index contributed by atoms with van der Waals surface area (Å²) in [7, 11) is 0. The van der Waals surface area contributed by atoms with Crippen LogP contribution in [0.2, 0.25) is 0 Å². The number of carbonyl (C=O) groups excluding carboxylic acids is 16. The highest BCUT2D eigenvalue weighted by molar-refractivity contribution is 6.02. The van der Waals surface area contributed by atoms with Gasteiger partial charge in [-0.05, 0) is 106 Å². The number of carboxylic acids is 3. The third-order valence-electron chi connectivity index (χ3n) is 25.4. The Bertz CT molecular complexity index is 5110. The predicted octanol–water partition coefficient (Wildman–Crippen LogP) is 6.26. The SMILES string of the molecule is CCCCCCCCCCCCCCCC(=O)NCCCC[C@H](NC(=O)CCCCCCCCCCCCCCC)C(=O)NCC(=O)N[C@@H](CC(=O)O)C(=O)N[C@@H](Cc1c[nH]c2ccccc12)C(=O)N[C@@H](CC(=O)O)C(=O)N[C@@H](CCC(N)=O)C(=O)N[C@@H](Cc1ccccc1)C(=O)NCC(=O)N[C@@H](CC(C)C)C(=O)N[C@@H](Cc1c[nH]c2ccccc12)C(=O)N[C@@H](CCCNC(=N)N)C(=O)NCC(=O)N[C@@H](C)C(=O)N[C@@H](C)C(=O)O. The summed E-state index contributed by atoms with van der Waals surface area (Å²) in [5.74, 6) is -20.3. The van der Waals surface area contributed by atoms with Crippen molar-refractivity contribution in [1.82, 2.24) is 95.0 Å². The molecule has 0 radical (unpaired) electrons. The molecule has 0 spiro atoms. The Hall–Kier alpha value is -14.1. The number of rotatable bonds is 80. The van der Waals surface area contributed by atoms with Crippen molar-refractivity contribution >= 4 is 140 Å². The molecule has 5 rings (SSSR count). The number of fused-ring (bicyclic) bond motifs is 2. The second-order valence-electron chi connectivity index (χ2n) is 38.7. The second kappa shape index (κ2) is 71.5. The average molecular weight is 2080 g/mol. The largest absolute Gasteiger partial charge is 0.481 e. The van der Waals surface area contributed by atoms with Crippen LogP contribution in [0.1, 0.15) is 302 Å². The number of aliphatic carboxylic acids is 3. The summed E-state index contributed by atoms with van der Waals surface area (Å²) in [6, 6.07) is 4.17. The van der Waals surface area contributed by atoms with Crippen molar-refractivity contribution in [3.63, 3.8) is 0 Å². The zero-order valence-electron chi connectivity index (χ0n) is 87.4. The fourth-order valence-electron chi connectivity index (χ4n) is 17.0. The third-order valence-corrected chi connectivity index (χ3v) is 25.4. The third kappa shape index (κ3) is 52.4. The van der Waals surface area contributed by atoms with Gasteiger partial charge in [0.25, 0.3) is 0 Å². The highest BCUT2D eigenvalue weighted by Crippen LogP contribution is 2.24. The number of primary amides is 1. The first-order valence-electron chi connectivity index (χ1n) is 52.9. The van der Waals surface area contributed by atoms with E-state index >= 15 is 0 Å². The summed E-state index contributed by atoms with van der Waals surface area (Å²) >= 11 is 0. The number of para-hydroxylation sites is 2. The highest BCUT2D eigenvalue weighted by atomic mass is 16.4. The molecule has 43 nitrogen and oxygen atoms in total. The van der Waals surface area contributed by atoms with Gasteiger partial charge < -0.3 is 122 Å². The lowest BCUT2D eigenvalue weighted by atomic mass is 10.00. The van der Waals surface area contributed by atoms with E-state index in [2.05, 4.69) is 109 Å². The lowest BCUT2D eigenvalue weighted by Gasteiger charge is -2.27. The Kier molecular flexibility index (Phi) is 60.2. The maximum Gasteiger partial charge on any atom is 0.325 e. The molecule has 2 heterocycles. The molecule has 0 aliphatic heterocycles. The number of nitrogens with one attached hydrogen (secondary N) is 19. The summed E-state index contributed by atoms with van der Waals surface area (Å²) in [4.78, 5) is 267. The van der Waals surface area contributed by atoms with Crippen molar-refractivity contribution in [3.8, 4) is 0 Å². The number of carbonyl (C=O) groups is 19. The molecule has 43 heteroatoms. The number of hydrogen-bond acceptors (Lipinski definition) is 20. The van der Waals surface area contributed by atoms with Crippen molar-refractivity contribution in [1.29, 1.82) is 5.41 Å². The molecule has 26 N–H and O–H groups in total. The first-order chi connectivity index (χ1) is 71.3. The van der Waals surface area contributed by atoms with E-state index in [-0.39, 0.29) is 63.3 Å². The van der Waals surface area contributed by atoms with Crippen molar-refractivity contribution in [2.75, 3.05) is 32.7 Å². The zero-order valence-corrected chi connectivity index (χ0v) is 87.4. The molecule has 3 aromatic carbocycles. The van der Waals surface area contributed by atoms with Gasteiger partial charge in [0.1, 0.15) is 66.5 Å². The van der Waals surface area contributed by atoms with Crippen LogP contribution in [0.5, 0.6) is 0 Å². The van der Waals surface area contributed by atoms with Crippen LogP contribution in [-0.4, -0.2) is 243 Å². The van der Waals surface area contributed by atoms with Crippen LogP contribution >= 0.6 is 0 Å². The number of hydrogen-bond donors (Lipinski definition) is 24. The number of carboxylic acid groups (broad SMARTS) is 3. The van der Waals surface area contributed by atoms with Crippen LogP contribution in [-0.2, 0) is 110 Å². The number of unbranched alkanes of at least 4 members (excludes halogenated alkanes) is 25. The Morgan fingerprint density at radius 2 is 0.658 bits per heavy atom. The molecule has 824 valence electrons. The topological polar surface area (TPSA) is 685 Å². The normalized spacial score (nSPS) is 13.4. The molecule has 0 bridgehead atoms. The first-order valence-corrected chi connectivity index (χ1v) is 52.9. The maximum atomic E-state index is 15.0. The van der Waals surface area contributed by atoms with Gasteiger partial charge in [-0.3, -0.25) is 96.5 Å². The summed E-state index contributed by atoms with van der Waals surface area (Å²) in [5, 5.41) is 78.8. The average Bonchev–Trinajstić information content (AvgIpc) is 1.70. The molecule has 149 heavy (non-hydrogen) atoms. The zero-order chi connectivity index (χ0) is 109. The van der Waals surface area contributed by atoms with Crippen molar-refractivity contribution < 1.29 is 106 Å². The molecule has 0 saturated heterocycles. The first kappa shape index (κ1) is 125. The van der Waals surface area contributed by atoms with E-state index in [0.717, 1.165) is 57.8 Å². The van der Waals surface area contributed by atoms with Gasteiger partial charge in [0.05, 0.1) is 32.5 Å². The second-order valence-corrected chi connectivity index (χ2v) is 38.7. The number of nitrogens with two attached hydrogens (primary N) is 2. The number of H-pyrrole nitrogens is 2. The van der Waals surface area contributed by atoms with Gasteiger partial charge in [-0.1, -0.05) is 249 Å². The summed E-state index contributed by atoms with van der Waals surface area (Å²) in [5.41, 5.74) is 13.6. The van der Waals surface area contributed by atoms with E-state index in [0.29, 0.717) is 70.7 Å². The van der Waals surface area contributed by atoms with Crippen LogP contribution in [0.25, 0.3) is 21.8 Å². The van der Waals surface area contributed by atoms with Gasteiger partial charge in [-0.15, -0.1) is 0 Å². The summed E-state index contributed by atoms with van der Waals surface area (Å²) in [6.07, 6.45) is 29.3. The number of guanidine groups is 1. The van der Waals surface area contributed by atoms with Crippen LogP contribution in [0.3, 0.4) is 0 Å². The highest BCUT2D eigenvalue weighted by Gasteiger charge is 2.38. The number of aromatic amines is 2. The Balaban J connectivity index is 1.32. The van der Waals surface area contributed by atoms with Gasteiger partial charge in [-0.25, -0.2) is 0 Å². The number of amides is 16. The monoisotopic (exact) mass is 2080 g/mol. The smallest absolute Gasteiger partial charge is 0.325 e. The molecular weight excluding hydrogens is 1920 g/mol. The van der Waals surface area contributed by atoms with Gasteiger partial charge in [0.15, 0.2) is 5.96 Å². The Morgan fingerprint density at radius 1 is 0.309 bits per heavy atom.